The molecular formula is C11H12BrCl2NO2S. The van der Waals surface area contributed by atoms with Gasteiger partial charge in [-0.2, -0.15) is 0 Å². The summed E-state index contributed by atoms with van der Waals surface area (Å²) in [5.41, 5.74) is 0. The van der Waals surface area contributed by atoms with Crippen molar-refractivity contribution >= 4 is 49.2 Å². The molecule has 1 atom stereocenters. The van der Waals surface area contributed by atoms with Gasteiger partial charge in [-0.05, 0) is 37.0 Å². The van der Waals surface area contributed by atoms with Gasteiger partial charge in [-0.25, -0.2) is 13.1 Å². The Morgan fingerprint density at radius 1 is 1.33 bits per heavy atom. The lowest BCUT2D eigenvalue weighted by Gasteiger charge is -2.11. The highest BCUT2D eigenvalue weighted by Gasteiger charge is 2.30. The van der Waals surface area contributed by atoms with Crippen LogP contribution in [0.5, 0.6) is 0 Å². The summed E-state index contributed by atoms with van der Waals surface area (Å²) in [6.45, 7) is 0.382. The first-order chi connectivity index (χ1) is 8.40. The quantitative estimate of drug-likeness (QED) is 0.804. The molecule has 2 rings (SSSR count). The highest BCUT2D eigenvalue weighted by molar-refractivity contribution is 9.09. The molecule has 7 heteroatoms. The molecule has 1 aliphatic rings. The van der Waals surface area contributed by atoms with Gasteiger partial charge in [0.25, 0.3) is 0 Å². The van der Waals surface area contributed by atoms with Gasteiger partial charge in [0.2, 0.25) is 10.0 Å². The minimum absolute atomic E-state index is 0.132. The van der Waals surface area contributed by atoms with Crippen molar-refractivity contribution in [2.45, 2.75) is 22.6 Å². The average Bonchev–Trinajstić information content (AvgIpc) is 3.13. The molecule has 3 nitrogen and oxygen atoms in total. The predicted molar refractivity (Wildman–Crippen MR) is 77.1 cm³/mol. The molecule has 0 heterocycles. The Balaban J connectivity index is 2.07. The third-order valence-electron chi connectivity index (χ3n) is 2.80. The van der Waals surface area contributed by atoms with Crippen molar-refractivity contribution in [1.29, 1.82) is 0 Å². The first-order valence-electron chi connectivity index (χ1n) is 5.49. The lowest BCUT2D eigenvalue weighted by Crippen LogP contribution is -2.30. The van der Waals surface area contributed by atoms with Crippen molar-refractivity contribution in [2.24, 2.45) is 5.92 Å². The van der Waals surface area contributed by atoms with Gasteiger partial charge in [-0.3, -0.25) is 0 Å². The topological polar surface area (TPSA) is 46.2 Å². The van der Waals surface area contributed by atoms with Crippen LogP contribution in [0.1, 0.15) is 12.8 Å². The average molecular weight is 373 g/mol. The third-order valence-corrected chi connectivity index (χ3v) is 6.03. The van der Waals surface area contributed by atoms with Crippen LogP contribution in [0.4, 0.5) is 0 Å². The van der Waals surface area contributed by atoms with E-state index in [9.17, 15) is 8.42 Å². The van der Waals surface area contributed by atoms with Gasteiger partial charge in [0.15, 0.2) is 0 Å². The largest absolute Gasteiger partial charge is 0.240 e. The molecule has 0 saturated heterocycles. The second-order valence-electron chi connectivity index (χ2n) is 4.28. The smallest absolute Gasteiger partial charge is 0.210 e. The van der Waals surface area contributed by atoms with Gasteiger partial charge in [0.05, 0.1) is 14.9 Å². The molecule has 0 amide bonds. The molecule has 1 aliphatic carbocycles. The van der Waals surface area contributed by atoms with E-state index in [2.05, 4.69) is 20.7 Å². The van der Waals surface area contributed by atoms with E-state index >= 15 is 0 Å². The predicted octanol–water partition coefficient (Wildman–Crippen LogP) is 3.45. The molecule has 1 N–H and O–H groups in total. The summed E-state index contributed by atoms with van der Waals surface area (Å²) in [6.07, 6.45) is 2.31. The number of rotatable bonds is 5. The SMILES string of the molecule is O=S(=O)(NCC(Br)C1CC1)c1ccc(Cl)c(Cl)c1. The van der Waals surface area contributed by atoms with Crippen LogP contribution in [-0.4, -0.2) is 19.8 Å². The molecule has 0 spiro atoms. The maximum atomic E-state index is 12.0. The van der Waals surface area contributed by atoms with Gasteiger partial charge in [-0.1, -0.05) is 39.1 Å². The van der Waals surface area contributed by atoms with Crippen LogP contribution in [0.15, 0.2) is 23.1 Å². The summed E-state index contributed by atoms with van der Waals surface area (Å²) in [6, 6.07) is 4.27. The fourth-order valence-electron chi connectivity index (χ4n) is 1.54. The van der Waals surface area contributed by atoms with E-state index in [0.29, 0.717) is 17.5 Å². The summed E-state index contributed by atoms with van der Waals surface area (Å²) in [5.74, 6) is 0.585. The van der Waals surface area contributed by atoms with E-state index in [1.54, 1.807) is 0 Å². The second kappa shape index (κ2) is 5.67. The van der Waals surface area contributed by atoms with Crippen LogP contribution in [0.2, 0.25) is 10.0 Å². The van der Waals surface area contributed by atoms with Gasteiger partial charge in [0, 0.05) is 11.4 Å². The van der Waals surface area contributed by atoms with Crippen LogP contribution in [0.3, 0.4) is 0 Å². The van der Waals surface area contributed by atoms with Crippen LogP contribution in [-0.2, 0) is 10.0 Å². The van der Waals surface area contributed by atoms with Crippen molar-refractivity contribution in [3.05, 3.63) is 28.2 Å². The zero-order valence-corrected chi connectivity index (χ0v) is 13.3. The molecule has 1 fully saturated rings. The Hall–Kier alpha value is 0.190. The third kappa shape index (κ3) is 3.61. The van der Waals surface area contributed by atoms with Gasteiger partial charge < -0.3 is 0 Å². The Bertz CT molecular complexity index is 546. The maximum absolute atomic E-state index is 12.0. The monoisotopic (exact) mass is 371 g/mol. The van der Waals surface area contributed by atoms with Crippen LogP contribution >= 0.6 is 39.1 Å². The molecule has 0 aliphatic heterocycles. The number of benzene rings is 1. The van der Waals surface area contributed by atoms with Crippen molar-refractivity contribution in [2.75, 3.05) is 6.54 Å². The van der Waals surface area contributed by atoms with E-state index < -0.39 is 10.0 Å². The Kier molecular flexibility index (Phi) is 4.60. The molecule has 18 heavy (non-hydrogen) atoms. The van der Waals surface area contributed by atoms with Crippen molar-refractivity contribution < 1.29 is 8.42 Å². The normalized spacial score (nSPS) is 17.7. The van der Waals surface area contributed by atoms with Crippen molar-refractivity contribution in [3.63, 3.8) is 0 Å². The van der Waals surface area contributed by atoms with E-state index in [1.165, 1.54) is 18.2 Å². The van der Waals surface area contributed by atoms with E-state index in [0.717, 1.165) is 12.8 Å². The molecule has 0 aromatic heterocycles. The van der Waals surface area contributed by atoms with Gasteiger partial charge in [-0.15, -0.1) is 0 Å². The standard InChI is InChI=1S/C11H12BrCl2NO2S/c12-9(7-1-2-7)6-15-18(16,17)8-3-4-10(13)11(14)5-8/h3-5,7,9,15H,1-2,6H2. The first-order valence-corrected chi connectivity index (χ1v) is 8.64. The second-order valence-corrected chi connectivity index (χ2v) is 8.04. The zero-order chi connectivity index (χ0) is 13.3. The maximum Gasteiger partial charge on any atom is 0.240 e. The summed E-state index contributed by atoms with van der Waals surface area (Å²) in [4.78, 5) is 0.322. The summed E-state index contributed by atoms with van der Waals surface area (Å²) in [7, 11) is -3.52. The number of hydrogen-bond acceptors (Lipinski definition) is 2. The lowest BCUT2D eigenvalue weighted by molar-refractivity contribution is 0.578. The van der Waals surface area contributed by atoms with Crippen LogP contribution < -0.4 is 4.72 Å². The van der Waals surface area contributed by atoms with Crippen molar-refractivity contribution in [3.8, 4) is 0 Å². The lowest BCUT2D eigenvalue weighted by atomic mass is 10.3. The van der Waals surface area contributed by atoms with E-state index in [1.807, 2.05) is 0 Å². The fourth-order valence-corrected chi connectivity index (χ4v) is 3.89. The van der Waals surface area contributed by atoms with E-state index in [-0.39, 0.29) is 14.7 Å². The minimum Gasteiger partial charge on any atom is -0.210 e. The number of halogens is 3. The van der Waals surface area contributed by atoms with Gasteiger partial charge >= 0.3 is 0 Å². The summed E-state index contributed by atoms with van der Waals surface area (Å²) < 4.78 is 26.6. The highest BCUT2D eigenvalue weighted by Crippen LogP contribution is 2.36. The minimum atomic E-state index is -3.52. The Labute approximate surface area is 125 Å². The van der Waals surface area contributed by atoms with Gasteiger partial charge in [0.1, 0.15) is 0 Å². The molecule has 1 aromatic rings. The van der Waals surface area contributed by atoms with Crippen LogP contribution in [0.25, 0.3) is 0 Å². The Morgan fingerprint density at radius 2 is 2.00 bits per heavy atom. The summed E-state index contributed by atoms with van der Waals surface area (Å²) >= 11 is 15.0. The molecule has 100 valence electrons. The number of nitrogens with one attached hydrogen (secondary N) is 1. The zero-order valence-electron chi connectivity index (χ0n) is 9.37. The van der Waals surface area contributed by atoms with E-state index in [4.69, 9.17) is 23.2 Å². The molecule has 0 radical (unpaired) electrons. The number of hydrogen-bond donors (Lipinski definition) is 1. The fraction of sp³-hybridized carbons (Fsp3) is 0.455. The number of sulfonamides is 1. The molecule has 1 saturated carbocycles. The Morgan fingerprint density at radius 3 is 2.56 bits per heavy atom. The highest BCUT2D eigenvalue weighted by atomic mass is 79.9. The van der Waals surface area contributed by atoms with Crippen LogP contribution in [0, 0.1) is 5.92 Å². The molecule has 1 aromatic carbocycles. The number of alkyl halides is 1. The molecular weight excluding hydrogens is 361 g/mol. The molecule has 0 bridgehead atoms. The first kappa shape index (κ1) is 14.6. The summed E-state index contributed by atoms with van der Waals surface area (Å²) in [5, 5.41) is 0.573. The molecule has 1 unspecified atom stereocenters. The van der Waals surface area contributed by atoms with Crippen molar-refractivity contribution in [1.82, 2.24) is 4.72 Å².